The highest BCUT2D eigenvalue weighted by molar-refractivity contribution is 6.74. The van der Waals surface area contributed by atoms with Crippen LogP contribution in [-0.4, -0.2) is 14.9 Å². The molecule has 0 aromatic heterocycles. The number of allylic oxidation sites excluding steroid dienone is 2. The van der Waals surface area contributed by atoms with E-state index in [0.29, 0.717) is 5.04 Å². The molecule has 0 amide bonds. The van der Waals surface area contributed by atoms with Gasteiger partial charge in [-0.15, -0.1) is 0 Å². The molecule has 5 aliphatic rings. The normalized spacial score (nSPS) is 42.3. The van der Waals surface area contributed by atoms with Gasteiger partial charge in [0.2, 0.25) is 0 Å². The van der Waals surface area contributed by atoms with E-state index in [-0.39, 0.29) is 0 Å². The van der Waals surface area contributed by atoms with Gasteiger partial charge in [0, 0.05) is 6.61 Å². The van der Waals surface area contributed by atoms with Crippen LogP contribution in [-0.2, 0) is 4.43 Å². The van der Waals surface area contributed by atoms with E-state index in [1.165, 1.54) is 43.4 Å². The Labute approximate surface area is 138 Å². The third kappa shape index (κ3) is 2.28. The zero-order valence-corrected chi connectivity index (χ0v) is 16.2. The summed E-state index contributed by atoms with van der Waals surface area (Å²) in [6.07, 6.45) is 9.63. The lowest BCUT2D eigenvalue weighted by molar-refractivity contribution is 0.281. The van der Waals surface area contributed by atoms with E-state index in [1.807, 2.05) is 0 Å². The van der Waals surface area contributed by atoms with Crippen LogP contribution in [0.4, 0.5) is 0 Å². The Morgan fingerprint density at radius 1 is 1.09 bits per heavy atom. The lowest BCUT2D eigenvalue weighted by Crippen LogP contribution is -2.40. The first-order valence-electron chi connectivity index (χ1n) is 9.61. The largest absolute Gasteiger partial charge is 0.417 e. The average molecular weight is 319 g/mol. The first-order chi connectivity index (χ1) is 10.3. The lowest BCUT2D eigenvalue weighted by Gasteiger charge is -2.36. The molecule has 4 fully saturated rings. The second-order valence-corrected chi connectivity index (χ2v) is 14.9. The molecule has 6 bridgehead atoms. The van der Waals surface area contributed by atoms with Gasteiger partial charge in [0.05, 0.1) is 0 Å². The summed E-state index contributed by atoms with van der Waals surface area (Å²) < 4.78 is 6.35. The monoisotopic (exact) mass is 318 g/mol. The molecule has 0 heterocycles. The predicted molar refractivity (Wildman–Crippen MR) is 95.3 cm³/mol. The van der Waals surface area contributed by atoms with Gasteiger partial charge in [0.15, 0.2) is 8.32 Å². The van der Waals surface area contributed by atoms with Gasteiger partial charge in [0.25, 0.3) is 0 Å². The SMILES string of the molecule is CC(C)(C)[Si](C)(C)OCCCC1=CCC2C3CC4C2C4C3C1. The van der Waals surface area contributed by atoms with Crippen molar-refractivity contribution < 1.29 is 4.43 Å². The molecule has 1 nitrogen and oxygen atoms in total. The van der Waals surface area contributed by atoms with E-state index in [0.717, 1.165) is 24.4 Å². The van der Waals surface area contributed by atoms with Crippen LogP contribution in [0.5, 0.6) is 0 Å². The summed E-state index contributed by atoms with van der Waals surface area (Å²) >= 11 is 0. The molecule has 0 aliphatic heterocycles. The third-order valence-corrected chi connectivity index (χ3v) is 12.6. The Bertz CT molecular complexity index is 486. The van der Waals surface area contributed by atoms with Crippen molar-refractivity contribution in [2.24, 2.45) is 35.5 Å². The Morgan fingerprint density at radius 2 is 1.82 bits per heavy atom. The Hall–Kier alpha value is -0.0831. The molecular formula is C20H34OSi. The summed E-state index contributed by atoms with van der Waals surface area (Å²) in [7, 11) is -1.54. The Balaban J connectivity index is 1.25. The average Bonchev–Trinajstić information content (AvgIpc) is 2.70. The molecule has 5 rings (SSSR count). The minimum absolute atomic E-state index is 0.343. The molecule has 5 aliphatic carbocycles. The number of rotatable bonds is 5. The zero-order valence-electron chi connectivity index (χ0n) is 15.2. The molecule has 6 atom stereocenters. The van der Waals surface area contributed by atoms with Crippen molar-refractivity contribution in [3.8, 4) is 0 Å². The standard InChI is InChI=1S/C20H34OSi/c1-20(2,3)22(4,5)21-10-6-7-13-8-9-14-15-12-17-18(14)19(17)16(15)11-13/h8,14-19H,6-7,9-12H2,1-5H3. The fourth-order valence-electron chi connectivity index (χ4n) is 5.86. The van der Waals surface area contributed by atoms with Gasteiger partial charge < -0.3 is 4.43 Å². The maximum Gasteiger partial charge on any atom is 0.191 e. The van der Waals surface area contributed by atoms with E-state index >= 15 is 0 Å². The lowest BCUT2D eigenvalue weighted by atomic mass is 9.88. The minimum atomic E-state index is -1.54. The van der Waals surface area contributed by atoms with Crippen LogP contribution in [0.2, 0.25) is 18.1 Å². The minimum Gasteiger partial charge on any atom is -0.417 e. The third-order valence-electron chi connectivity index (χ3n) is 8.01. The van der Waals surface area contributed by atoms with Gasteiger partial charge in [-0.3, -0.25) is 0 Å². The van der Waals surface area contributed by atoms with E-state index < -0.39 is 8.32 Å². The van der Waals surface area contributed by atoms with Gasteiger partial charge in [-0.1, -0.05) is 32.4 Å². The van der Waals surface area contributed by atoms with Crippen LogP contribution in [0.15, 0.2) is 11.6 Å². The van der Waals surface area contributed by atoms with Crippen molar-refractivity contribution in [3.05, 3.63) is 11.6 Å². The van der Waals surface area contributed by atoms with Crippen molar-refractivity contribution in [3.63, 3.8) is 0 Å². The van der Waals surface area contributed by atoms with Crippen molar-refractivity contribution in [2.45, 2.75) is 71.0 Å². The van der Waals surface area contributed by atoms with Gasteiger partial charge in [-0.2, -0.15) is 0 Å². The van der Waals surface area contributed by atoms with Gasteiger partial charge in [0.1, 0.15) is 0 Å². The molecule has 0 spiro atoms. The Morgan fingerprint density at radius 3 is 2.50 bits per heavy atom. The summed E-state index contributed by atoms with van der Waals surface area (Å²) in [4.78, 5) is 0. The maximum absolute atomic E-state index is 6.35. The Kier molecular flexibility index (Phi) is 3.48. The van der Waals surface area contributed by atoms with Crippen LogP contribution >= 0.6 is 0 Å². The second-order valence-electron chi connectivity index (χ2n) is 10.1. The fraction of sp³-hybridized carbons (Fsp3) is 0.900. The van der Waals surface area contributed by atoms with E-state index in [9.17, 15) is 0 Å². The molecule has 0 aromatic rings. The number of hydrogen-bond acceptors (Lipinski definition) is 1. The van der Waals surface area contributed by atoms with Crippen molar-refractivity contribution in [1.82, 2.24) is 0 Å². The van der Waals surface area contributed by atoms with Crippen LogP contribution in [0.1, 0.15) is 52.9 Å². The van der Waals surface area contributed by atoms with Crippen LogP contribution < -0.4 is 0 Å². The maximum atomic E-state index is 6.35. The van der Waals surface area contributed by atoms with Crippen molar-refractivity contribution in [2.75, 3.05) is 6.61 Å². The topological polar surface area (TPSA) is 9.23 Å². The zero-order chi connectivity index (χ0) is 15.7. The first-order valence-corrected chi connectivity index (χ1v) is 12.5. The highest BCUT2D eigenvalue weighted by Gasteiger charge is 2.72. The van der Waals surface area contributed by atoms with E-state index in [4.69, 9.17) is 4.43 Å². The molecule has 4 saturated carbocycles. The van der Waals surface area contributed by atoms with Crippen LogP contribution in [0.25, 0.3) is 0 Å². The molecule has 124 valence electrons. The summed E-state index contributed by atoms with van der Waals surface area (Å²) in [6.45, 7) is 12.7. The van der Waals surface area contributed by atoms with Crippen LogP contribution in [0, 0.1) is 35.5 Å². The first kappa shape index (κ1) is 15.4. The summed E-state index contributed by atoms with van der Waals surface area (Å²) in [6, 6.07) is 0. The molecular weight excluding hydrogens is 284 g/mol. The van der Waals surface area contributed by atoms with Crippen molar-refractivity contribution in [1.29, 1.82) is 0 Å². The molecule has 6 unspecified atom stereocenters. The smallest absolute Gasteiger partial charge is 0.191 e. The van der Waals surface area contributed by atoms with E-state index in [1.54, 1.807) is 12.0 Å². The van der Waals surface area contributed by atoms with Crippen molar-refractivity contribution >= 4 is 8.32 Å². The number of hydrogen-bond donors (Lipinski definition) is 0. The fourth-order valence-corrected chi connectivity index (χ4v) is 6.94. The van der Waals surface area contributed by atoms with Gasteiger partial charge >= 0.3 is 0 Å². The summed E-state index contributed by atoms with van der Waals surface area (Å²) in [5.74, 6) is 6.83. The van der Waals surface area contributed by atoms with Gasteiger partial charge in [-0.25, -0.2) is 0 Å². The molecule has 0 N–H and O–H groups in total. The van der Waals surface area contributed by atoms with Gasteiger partial charge in [-0.05, 0) is 85.7 Å². The molecule has 22 heavy (non-hydrogen) atoms. The second kappa shape index (κ2) is 4.96. The summed E-state index contributed by atoms with van der Waals surface area (Å²) in [5.41, 5.74) is 1.78. The molecule has 0 aromatic carbocycles. The summed E-state index contributed by atoms with van der Waals surface area (Å²) in [5, 5.41) is 0.343. The molecule has 0 radical (unpaired) electrons. The highest BCUT2D eigenvalue weighted by atomic mass is 28.4. The highest BCUT2D eigenvalue weighted by Crippen LogP contribution is 2.78. The molecule has 0 saturated heterocycles. The van der Waals surface area contributed by atoms with Crippen LogP contribution in [0.3, 0.4) is 0 Å². The predicted octanol–water partition coefficient (Wildman–Crippen LogP) is 5.64. The molecule has 2 heteroatoms. The van der Waals surface area contributed by atoms with E-state index in [2.05, 4.69) is 39.9 Å². The quantitative estimate of drug-likeness (QED) is 0.362.